The highest BCUT2D eigenvalue weighted by Gasteiger charge is 2.25. The number of nitriles is 1. The number of halogens is 1. The summed E-state index contributed by atoms with van der Waals surface area (Å²) >= 11 is 6.03. The molecule has 0 aliphatic carbocycles. The molecule has 1 heterocycles. The third-order valence-corrected chi connectivity index (χ3v) is 4.67. The lowest BCUT2D eigenvalue weighted by molar-refractivity contribution is -0.128. The molecular weight excluding hydrogens is 364 g/mol. The SMILES string of the molecule is CCC/C(N)=C/C=C(\N)C(=O)N1CCC(Oc2ccc(C#N)c(Cl)c2)CC1. The van der Waals surface area contributed by atoms with E-state index in [1.165, 1.54) is 0 Å². The van der Waals surface area contributed by atoms with Gasteiger partial charge in [0.2, 0.25) is 0 Å². The molecule has 0 bridgehead atoms. The fraction of sp³-hybridized carbons (Fsp3) is 0.400. The molecule has 1 aromatic rings. The van der Waals surface area contributed by atoms with Crippen LogP contribution in [0.4, 0.5) is 0 Å². The Hall–Kier alpha value is -2.65. The Morgan fingerprint density at radius 2 is 2.07 bits per heavy atom. The molecule has 27 heavy (non-hydrogen) atoms. The molecular formula is C20H25ClN4O2. The molecule has 1 aliphatic heterocycles. The van der Waals surface area contributed by atoms with Gasteiger partial charge in [0.15, 0.2) is 0 Å². The number of amides is 1. The number of carbonyl (C=O) groups excluding carboxylic acids is 1. The van der Waals surface area contributed by atoms with E-state index in [0.717, 1.165) is 12.8 Å². The van der Waals surface area contributed by atoms with Crippen molar-refractivity contribution in [2.24, 2.45) is 11.5 Å². The Labute approximate surface area is 165 Å². The summed E-state index contributed by atoms with van der Waals surface area (Å²) in [5, 5.41) is 9.29. The number of likely N-dealkylation sites (tertiary alicyclic amines) is 1. The molecule has 6 nitrogen and oxygen atoms in total. The minimum atomic E-state index is -0.185. The van der Waals surface area contributed by atoms with E-state index >= 15 is 0 Å². The van der Waals surface area contributed by atoms with Crippen molar-refractivity contribution < 1.29 is 9.53 Å². The van der Waals surface area contributed by atoms with Crippen LogP contribution in [0.3, 0.4) is 0 Å². The topological polar surface area (TPSA) is 105 Å². The van der Waals surface area contributed by atoms with Gasteiger partial charge < -0.3 is 21.1 Å². The van der Waals surface area contributed by atoms with Gasteiger partial charge in [-0.05, 0) is 30.7 Å². The third-order valence-electron chi connectivity index (χ3n) is 4.36. The molecule has 0 spiro atoms. The molecule has 2 rings (SSSR count). The zero-order valence-corrected chi connectivity index (χ0v) is 16.2. The molecule has 7 heteroatoms. The van der Waals surface area contributed by atoms with Gasteiger partial charge in [0.1, 0.15) is 17.9 Å². The quantitative estimate of drug-likeness (QED) is 0.575. The highest BCUT2D eigenvalue weighted by Crippen LogP contribution is 2.25. The maximum atomic E-state index is 12.4. The van der Waals surface area contributed by atoms with Gasteiger partial charge in [-0.25, -0.2) is 0 Å². The summed E-state index contributed by atoms with van der Waals surface area (Å²) in [6, 6.07) is 7.03. The van der Waals surface area contributed by atoms with Gasteiger partial charge in [0.25, 0.3) is 5.91 Å². The second kappa shape index (κ2) is 9.89. The van der Waals surface area contributed by atoms with E-state index in [4.69, 9.17) is 33.1 Å². The summed E-state index contributed by atoms with van der Waals surface area (Å²) in [4.78, 5) is 14.1. The molecule has 1 saturated heterocycles. The van der Waals surface area contributed by atoms with Gasteiger partial charge in [-0.1, -0.05) is 24.9 Å². The van der Waals surface area contributed by atoms with Crippen molar-refractivity contribution in [2.75, 3.05) is 13.1 Å². The van der Waals surface area contributed by atoms with Crippen LogP contribution >= 0.6 is 11.6 Å². The molecule has 0 atom stereocenters. The van der Waals surface area contributed by atoms with Crippen molar-refractivity contribution in [3.63, 3.8) is 0 Å². The molecule has 1 amide bonds. The Bertz CT molecular complexity index is 775. The first-order valence-corrected chi connectivity index (χ1v) is 9.39. The predicted octanol–water partition coefficient (Wildman–Crippen LogP) is 3.07. The van der Waals surface area contributed by atoms with Crippen LogP contribution < -0.4 is 16.2 Å². The molecule has 144 valence electrons. The summed E-state index contributed by atoms with van der Waals surface area (Å²) < 4.78 is 5.93. The van der Waals surface area contributed by atoms with Gasteiger partial charge in [0.05, 0.1) is 16.3 Å². The number of ether oxygens (including phenoxy) is 1. The van der Waals surface area contributed by atoms with Gasteiger partial charge in [-0.2, -0.15) is 5.26 Å². The van der Waals surface area contributed by atoms with Crippen molar-refractivity contribution in [3.05, 3.63) is 52.3 Å². The Kier molecular flexibility index (Phi) is 7.56. The number of piperidine rings is 1. The molecule has 0 radical (unpaired) electrons. The maximum Gasteiger partial charge on any atom is 0.269 e. The van der Waals surface area contributed by atoms with Crippen molar-refractivity contribution >= 4 is 17.5 Å². The first-order valence-electron chi connectivity index (χ1n) is 9.02. The number of carbonyl (C=O) groups is 1. The minimum absolute atomic E-state index is 0.0108. The highest BCUT2D eigenvalue weighted by atomic mass is 35.5. The number of hydrogen-bond acceptors (Lipinski definition) is 5. The molecule has 1 fully saturated rings. The number of hydrogen-bond donors (Lipinski definition) is 2. The molecule has 0 unspecified atom stereocenters. The molecule has 0 aromatic heterocycles. The average Bonchev–Trinajstić information content (AvgIpc) is 2.66. The van der Waals surface area contributed by atoms with Crippen molar-refractivity contribution in [1.82, 2.24) is 4.90 Å². The van der Waals surface area contributed by atoms with Crippen LogP contribution in [-0.4, -0.2) is 30.0 Å². The lowest BCUT2D eigenvalue weighted by Gasteiger charge is -2.32. The summed E-state index contributed by atoms with van der Waals surface area (Å²) in [5.41, 5.74) is 13.0. The van der Waals surface area contributed by atoms with Gasteiger partial charge >= 0.3 is 0 Å². The zero-order chi connectivity index (χ0) is 19.8. The third kappa shape index (κ3) is 5.93. The number of allylic oxidation sites excluding steroid dienone is 3. The molecule has 1 aliphatic rings. The summed E-state index contributed by atoms with van der Waals surface area (Å²) in [5.74, 6) is 0.440. The fourth-order valence-corrected chi connectivity index (χ4v) is 3.06. The zero-order valence-electron chi connectivity index (χ0n) is 15.5. The lowest BCUT2D eigenvalue weighted by atomic mass is 10.1. The summed E-state index contributed by atoms with van der Waals surface area (Å²) in [6.45, 7) is 3.17. The smallest absolute Gasteiger partial charge is 0.269 e. The number of benzene rings is 1. The lowest BCUT2D eigenvalue weighted by Crippen LogP contribution is -2.43. The van der Waals surface area contributed by atoms with Crippen molar-refractivity contribution in [2.45, 2.75) is 38.7 Å². The Balaban J connectivity index is 1.88. The summed E-state index contributed by atoms with van der Waals surface area (Å²) in [6.07, 6.45) is 6.38. The van der Waals surface area contributed by atoms with Crippen LogP contribution in [0, 0.1) is 11.3 Å². The largest absolute Gasteiger partial charge is 0.490 e. The molecule has 4 N–H and O–H groups in total. The van der Waals surface area contributed by atoms with Crippen molar-refractivity contribution in [3.8, 4) is 11.8 Å². The second-order valence-corrected chi connectivity index (χ2v) is 6.88. The van der Waals surface area contributed by atoms with Crippen LogP contribution in [0.1, 0.15) is 38.2 Å². The van der Waals surface area contributed by atoms with Gasteiger partial charge in [0, 0.05) is 37.7 Å². The maximum absolute atomic E-state index is 12.4. The van der Waals surface area contributed by atoms with Gasteiger partial charge in [-0.3, -0.25) is 4.79 Å². The van der Waals surface area contributed by atoms with Crippen molar-refractivity contribution in [1.29, 1.82) is 5.26 Å². The van der Waals surface area contributed by atoms with E-state index in [0.29, 0.717) is 48.0 Å². The van der Waals surface area contributed by atoms with Crippen LogP contribution in [0.25, 0.3) is 0 Å². The number of rotatable bonds is 6. The predicted molar refractivity (Wildman–Crippen MR) is 106 cm³/mol. The van der Waals surface area contributed by atoms with Crippen LogP contribution in [0.2, 0.25) is 5.02 Å². The normalized spacial score (nSPS) is 16.1. The average molecular weight is 389 g/mol. The molecule has 1 aromatic carbocycles. The monoisotopic (exact) mass is 388 g/mol. The Morgan fingerprint density at radius 1 is 1.37 bits per heavy atom. The standard InChI is InChI=1S/C20H25ClN4O2/c1-2-3-15(23)5-7-19(24)20(26)25-10-8-16(9-11-25)27-17-6-4-14(13-22)18(21)12-17/h4-7,12,16H,2-3,8-11,23-24H2,1H3/b15-5-,19-7-. The van der Waals surface area contributed by atoms with Crippen LogP contribution in [-0.2, 0) is 4.79 Å². The van der Waals surface area contributed by atoms with E-state index in [2.05, 4.69) is 0 Å². The fourth-order valence-electron chi connectivity index (χ4n) is 2.85. The highest BCUT2D eigenvalue weighted by molar-refractivity contribution is 6.31. The second-order valence-electron chi connectivity index (χ2n) is 6.48. The summed E-state index contributed by atoms with van der Waals surface area (Å²) in [7, 11) is 0. The first kappa shape index (κ1) is 20.7. The van der Waals surface area contributed by atoms with Gasteiger partial charge in [-0.15, -0.1) is 0 Å². The first-order chi connectivity index (χ1) is 12.9. The van der Waals surface area contributed by atoms with Crippen LogP contribution in [0.15, 0.2) is 41.7 Å². The molecule has 0 saturated carbocycles. The minimum Gasteiger partial charge on any atom is -0.490 e. The van der Waals surface area contributed by atoms with E-state index in [1.54, 1.807) is 35.3 Å². The number of nitrogens with zero attached hydrogens (tertiary/aromatic N) is 2. The van der Waals surface area contributed by atoms with Crippen LogP contribution in [0.5, 0.6) is 5.75 Å². The van der Waals surface area contributed by atoms with E-state index < -0.39 is 0 Å². The Morgan fingerprint density at radius 3 is 2.67 bits per heavy atom. The van der Waals surface area contributed by atoms with E-state index in [-0.39, 0.29) is 17.7 Å². The van der Waals surface area contributed by atoms with E-state index in [1.807, 2.05) is 13.0 Å². The van der Waals surface area contributed by atoms with E-state index in [9.17, 15) is 4.79 Å². The number of nitrogens with two attached hydrogens (primary N) is 2.